The van der Waals surface area contributed by atoms with Gasteiger partial charge in [0.25, 0.3) is 0 Å². The molecule has 0 atom stereocenters. The van der Waals surface area contributed by atoms with Gasteiger partial charge in [0.05, 0.1) is 10.6 Å². The summed E-state index contributed by atoms with van der Waals surface area (Å²) in [6, 6.07) is 6.57. The highest BCUT2D eigenvalue weighted by Crippen LogP contribution is 2.12. The lowest BCUT2D eigenvalue weighted by atomic mass is 10.2. The third kappa shape index (κ3) is 7.74. The Bertz CT molecular complexity index is 643. The predicted molar refractivity (Wildman–Crippen MR) is 99.3 cm³/mol. The SMILES string of the molecule is CCCCCNC(=S)NNC(=O)CCS(=O)(=O)c1ccc(C)cc1. The average Bonchev–Trinajstić information content (AvgIpc) is 2.55. The Hall–Kier alpha value is -1.67. The molecule has 0 saturated carbocycles. The summed E-state index contributed by atoms with van der Waals surface area (Å²) in [7, 11) is -3.47. The second kappa shape index (κ2) is 10.2. The van der Waals surface area contributed by atoms with Crippen LogP contribution in [0.15, 0.2) is 29.2 Å². The van der Waals surface area contributed by atoms with E-state index in [1.807, 2.05) is 6.92 Å². The topological polar surface area (TPSA) is 87.3 Å². The van der Waals surface area contributed by atoms with Crippen LogP contribution in [0, 0.1) is 6.92 Å². The Balaban J connectivity index is 2.32. The lowest BCUT2D eigenvalue weighted by molar-refractivity contribution is -0.121. The van der Waals surface area contributed by atoms with E-state index in [0.29, 0.717) is 5.11 Å². The number of carbonyl (C=O) groups is 1. The van der Waals surface area contributed by atoms with Crippen LogP contribution in [0.3, 0.4) is 0 Å². The zero-order valence-corrected chi connectivity index (χ0v) is 15.7. The molecule has 0 bridgehead atoms. The Kier molecular flexibility index (Phi) is 8.70. The van der Waals surface area contributed by atoms with E-state index in [1.165, 1.54) is 0 Å². The van der Waals surface area contributed by atoms with Gasteiger partial charge in [0.1, 0.15) is 0 Å². The summed E-state index contributed by atoms with van der Waals surface area (Å²) >= 11 is 5.01. The molecule has 1 amide bonds. The molecule has 6 nitrogen and oxygen atoms in total. The van der Waals surface area contributed by atoms with Crippen molar-refractivity contribution in [3.05, 3.63) is 29.8 Å². The quantitative estimate of drug-likeness (QED) is 0.367. The zero-order valence-electron chi connectivity index (χ0n) is 14.1. The molecular weight excluding hydrogens is 346 g/mol. The number of benzene rings is 1. The molecule has 24 heavy (non-hydrogen) atoms. The van der Waals surface area contributed by atoms with Gasteiger partial charge in [0.15, 0.2) is 14.9 Å². The lowest BCUT2D eigenvalue weighted by Crippen LogP contribution is -2.47. The molecule has 0 aromatic heterocycles. The lowest BCUT2D eigenvalue weighted by Gasteiger charge is -2.11. The Labute approximate surface area is 149 Å². The van der Waals surface area contributed by atoms with Gasteiger partial charge in [-0.3, -0.25) is 15.6 Å². The Morgan fingerprint density at radius 3 is 2.42 bits per heavy atom. The second-order valence-corrected chi connectivity index (χ2v) is 8.04. The average molecular weight is 372 g/mol. The maximum Gasteiger partial charge on any atom is 0.239 e. The molecular formula is C16H25N3O3S2. The van der Waals surface area contributed by atoms with Crippen molar-refractivity contribution >= 4 is 33.1 Å². The highest BCUT2D eigenvalue weighted by molar-refractivity contribution is 7.91. The number of hydrazine groups is 1. The van der Waals surface area contributed by atoms with Gasteiger partial charge in [-0.25, -0.2) is 8.42 Å². The summed E-state index contributed by atoms with van der Waals surface area (Å²) < 4.78 is 24.3. The van der Waals surface area contributed by atoms with Gasteiger partial charge in [0.2, 0.25) is 5.91 Å². The molecule has 8 heteroatoms. The number of rotatable bonds is 8. The highest BCUT2D eigenvalue weighted by Gasteiger charge is 2.16. The number of unbranched alkanes of at least 4 members (excludes halogenated alkanes) is 2. The first kappa shape index (κ1) is 20.4. The van der Waals surface area contributed by atoms with Gasteiger partial charge in [0, 0.05) is 13.0 Å². The van der Waals surface area contributed by atoms with Crippen LogP contribution in [0.5, 0.6) is 0 Å². The van der Waals surface area contributed by atoms with E-state index in [9.17, 15) is 13.2 Å². The van der Waals surface area contributed by atoms with Gasteiger partial charge >= 0.3 is 0 Å². The monoisotopic (exact) mass is 371 g/mol. The number of sulfone groups is 1. The normalized spacial score (nSPS) is 10.9. The van der Waals surface area contributed by atoms with E-state index >= 15 is 0 Å². The van der Waals surface area contributed by atoms with Crippen molar-refractivity contribution in [2.45, 2.75) is 44.4 Å². The fourth-order valence-electron chi connectivity index (χ4n) is 1.90. The summed E-state index contributed by atoms with van der Waals surface area (Å²) in [6.45, 7) is 4.73. The number of hydrogen-bond donors (Lipinski definition) is 3. The van der Waals surface area contributed by atoms with Crippen molar-refractivity contribution in [1.29, 1.82) is 0 Å². The summed E-state index contributed by atoms with van der Waals surface area (Å²) in [6.07, 6.45) is 3.09. The van der Waals surface area contributed by atoms with Crippen molar-refractivity contribution in [2.24, 2.45) is 0 Å². The number of nitrogens with one attached hydrogen (secondary N) is 3. The van der Waals surface area contributed by atoms with Gasteiger partial charge in [-0.1, -0.05) is 37.5 Å². The third-order valence-electron chi connectivity index (χ3n) is 3.36. The Morgan fingerprint density at radius 2 is 1.79 bits per heavy atom. The first-order chi connectivity index (χ1) is 11.3. The number of thiocarbonyl (C=S) groups is 1. The highest BCUT2D eigenvalue weighted by atomic mass is 32.2. The fourth-order valence-corrected chi connectivity index (χ4v) is 3.29. The summed E-state index contributed by atoms with van der Waals surface area (Å²) in [5, 5.41) is 3.28. The van der Waals surface area contributed by atoms with Crippen molar-refractivity contribution < 1.29 is 13.2 Å². The molecule has 1 aromatic rings. The second-order valence-electron chi connectivity index (χ2n) is 5.52. The molecule has 0 radical (unpaired) electrons. The minimum Gasteiger partial charge on any atom is -0.361 e. The zero-order chi connectivity index (χ0) is 18.0. The standard InChI is InChI=1S/C16H25N3O3S2/c1-3-4-5-11-17-16(23)19-18-15(20)10-12-24(21,22)14-8-6-13(2)7-9-14/h6-9H,3-5,10-12H2,1-2H3,(H,18,20)(H2,17,19,23). The molecule has 0 heterocycles. The van der Waals surface area contributed by atoms with Crippen molar-refractivity contribution in [1.82, 2.24) is 16.2 Å². The largest absolute Gasteiger partial charge is 0.361 e. The van der Waals surface area contributed by atoms with Crippen LogP contribution in [-0.2, 0) is 14.6 Å². The molecule has 0 aliphatic carbocycles. The van der Waals surface area contributed by atoms with E-state index in [4.69, 9.17) is 12.2 Å². The molecule has 0 spiro atoms. The number of amides is 1. The molecule has 3 N–H and O–H groups in total. The van der Waals surface area contributed by atoms with Gasteiger partial charge in [-0.15, -0.1) is 0 Å². The van der Waals surface area contributed by atoms with E-state index in [2.05, 4.69) is 23.1 Å². The minimum absolute atomic E-state index is 0.137. The van der Waals surface area contributed by atoms with E-state index in [1.54, 1.807) is 24.3 Å². The van der Waals surface area contributed by atoms with Crippen LogP contribution < -0.4 is 16.2 Å². The molecule has 0 saturated heterocycles. The summed E-state index contributed by atoms with van der Waals surface area (Å²) in [4.78, 5) is 12.0. The smallest absolute Gasteiger partial charge is 0.239 e. The predicted octanol–water partition coefficient (Wildman–Crippen LogP) is 1.84. The van der Waals surface area contributed by atoms with Crippen LogP contribution in [0.25, 0.3) is 0 Å². The first-order valence-electron chi connectivity index (χ1n) is 7.97. The third-order valence-corrected chi connectivity index (χ3v) is 5.34. The van der Waals surface area contributed by atoms with Crippen molar-refractivity contribution in [2.75, 3.05) is 12.3 Å². The summed E-state index contributed by atoms with van der Waals surface area (Å²) in [5.74, 6) is -0.677. The van der Waals surface area contributed by atoms with Crippen LogP contribution in [-0.4, -0.2) is 31.7 Å². The Morgan fingerprint density at radius 1 is 1.12 bits per heavy atom. The molecule has 1 rings (SSSR count). The number of hydrogen-bond acceptors (Lipinski definition) is 4. The fraction of sp³-hybridized carbons (Fsp3) is 0.500. The number of carbonyl (C=O) groups excluding carboxylic acids is 1. The van der Waals surface area contributed by atoms with Crippen molar-refractivity contribution in [3.8, 4) is 0 Å². The molecule has 1 aromatic carbocycles. The first-order valence-corrected chi connectivity index (χ1v) is 10.0. The van der Waals surface area contributed by atoms with Crippen LogP contribution in [0.1, 0.15) is 38.2 Å². The molecule has 0 aliphatic rings. The molecule has 134 valence electrons. The van der Waals surface area contributed by atoms with Crippen LogP contribution in [0.2, 0.25) is 0 Å². The van der Waals surface area contributed by atoms with Crippen LogP contribution >= 0.6 is 12.2 Å². The maximum atomic E-state index is 12.2. The van der Waals surface area contributed by atoms with Gasteiger partial charge < -0.3 is 5.32 Å². The van der Waals surface area contributed by atoms with Crippen LogP contribution in [0.4, 0.5) is 0 Å². The van der Waals surface area contributed by atoms with Gasteiger partial charge in [-0.05, 0) is 37.7 Å². The molecule has 0 unspecified atom stereocenters. The van der Waals surface area contributed by atoms with E-state index in [0.717, 1.165) is 31.4 Å². The summed E-state index contributed by atoms with van der Waals surface area (Å²) in [5.41, 5.74) is 5.95. The minimum atomic E-state index is -3.47. The van der Waals surface area contributed by atoms with E-state index in [-0.39, 0.29) is 17.1 Å². The van der Waals surface area contributed by atoms with E-state index < -0.39 is 15.7 Å². The molecule has 0 aliphatic heterocycles. The number of aryl methyl sites for hydroxylation is 1. The molecule has 0 fully saturated rings. The maximum absolute atomic E-state index is 12.2. The van der Waals surface area contributed by atoms with Crippen molar-refractivity contribution in [3.63, 3.8) is 0 Å². The van der Waals surface area contributed by atoms with Gasteiger partial charge in [-0.2, -0.15) is 0 Å².